The summed E-state index contributed by atoms with van der Waals surface area (Å²) in [5.74, 6) is 1.87. The van der Waals surface area contributed by atoms with E-state index < -0.39 is 0 Å². The molecule has 0 aromatic carbocycles. The Hall–Kier alpha value is -1.85. The molecule has 6 heteroatoms. The van der Waals surface area contributed by atoms with E-state index in [9.17, 15) is 4.79 Å². The minimum atomic E-state index is -0.0693. The van der Waals surface area contributed by atoms with Crippen LogP contribution in [0.4, 0.5) is 11.6 Å². The highest BCUT2D eigenvalue weighted by Crippen LogP contribution is 2.20. The van der Waals surface area contributed by atoms with Crippen LogP contribution in [0.15, 0.2) is 0 Å². The second kappa shape index (κ2) is 6.18. The van der Waals surface area contributed by atoms with Gasteiger partial charge in [0.2, 0.25) is 5.91 Å². The number of nitrogens with one attached hydrogen (secondary N) is 2. The first-order valence-corrected chi connectivity index (χ1v) is 6.10. The zero-order valence-corrected chi connectivity index (χ0v) is 11.4. The van der Waals surface area contributed by atoms with Gasteiger partial charge in [-0.1, -0.05) is 13.8 Å². The lowest BCUT2D eigenvalue weighted by molar-refractivity contribution is -0.119. The van der Waals surface area contributed by atoms with Crippen molar-refractivity contribution in [2.75, 3.05) is 24.1 Å². The van der Waals surface area contributed by atoms with Crippen LogP contribution < -0.4 is 16.4 Å². The van der Waals surface area contributed by atoms with Crippen molar-refractivity contribution in [2.24, 2.45) is 0 Å². The van der Waals surface area contributed by atoms with Crippen LogP contribution in [0.2, 0.25) is 0 Å². The van der Waals surface area contributed by atoms with Crippen molar-refractivity contribution in [3.8, 4) is 0 Å². The van der Waals surface area contributed by atoms with Crippen LogP contribution in [0.25, 0.3) is 0 Å². The number of hydrogen-bond acceptors (Lipinski definition) is 5. The summed E-state index contributed by atoms with van der Waals surface area (Å²) in [6.07, 6.45) is 0. The fourth-order valence-corrected chi connectivity index (χ4v) is 1.41. The normalized spacial score (nSPS) is 10.5. The summed E-state index contributed by atoms with van der Waals surface area (Å²) in [6.45, 7) is 8.50. The molecule has 0 aliphatic rings. The molecule has 0 atom stereocenters. The van der Waals surface area contributed by atoms with Gasteiger partial charge in [0.25, 0.3) is 0 Å². The van der Waals surface area contributed by atoms with E-state index >= 15 is 0 Å². The molecule has 18 heavy (non-hydrogen) atoms. The van der Waals surface area contributed by atoms with Crippen LogP contribution in [0.5, 0.6) is 0 Å². The second-order valence-electron chi connectivity index (χ2n) is 4.40. The fourth-order valence-electron chi connectivity index (χ4n) is 1.41. The predicted molar refractivity (Wildman–Crippen MR) is 72.4 cm³/mol. The number of rotatable bonds is 5. The average Bonchev–Trinajstić information content (AvgIpc) is 2.31. The van der Waals surface area contributed by atoms with Crippen LogP contribution >= 0.6 is 0 Å². The molecule has 0 fully saturated rings. The standard InChI is InChI=1S/C12H21N5O/c1-5-14-9(18)6-15-12-8(4)10(13)16-11(17-12)7(2)3/h7H,5-6H2,1-4H3,(H,14,18)(H3,13,15,16,17). The molecule has 0 saturated carbocycles. The van der Waals surface area contributed by atoms with E-state index in [-0.39, 0.29) is 18.4 Å². The SMILES string of the molecule is CCNC(=O)CNc1nc(C(C)C)nc(N)c1C. The lowest BCUT2D eigenvalue weighted by Gasteiger charge is -2.13. The lowest BCUT2D eigenvalue weighted by Crippen LogP contribution is -2.30. The van der Waals surface area contributed by atoms with Crippen molar-refractivity contribution >= 4 is 17.5 Å². The summed E-state index contributed by atoms with van der Waals surface area (Å²) in [4.78, 5) is 20.0. The molecule has 1 heterocycles. The second-order valence-corrected chi connectivity index (χ2v) is 4.40. The molecule has 0 radical (unpaired) electrons. The van der Waals surface area contributed by atoms with Crippen molar-refractivity contribution in [3.63, 3.8) is 0 Å². The summed E-state index contributed by atoms with van der Waals surface area (Å²) in [6, 6.07) is 0. The Morgan fingerprint density at radius 2 is 2.06 bits per heavy atom. The fraction of sp³-hybridized carbons (Fsp3) is 0.583. The Kier molecular flexibility index (Phi) is 4.88. The topological polar surface area (TPSA) is 92.9 Å². The molecular weight excluding hydrogens is 230 g/mol. The van der Waals surface area contributed by atoms with Crippen LogP contribution in [-0.4, -0.2) is 29.0 Å². The van der Waals surface area contributed by atoms with Gasteiger partial charge in [-0.15, -0.1) is 0 Å². The zero-order chi connectivity index (χ0) is 13.7. The first-order chi connectivity index (χ1) is 8.45. The summed E-state index contributed by atoms with van der Waals surface area (Å²) in [7, 11) is 0. The Morgan fingerprint density at radius 3 is 2.61 bits per heavy atom. The van der Waals surface area contributed by atoms with Crippen molar-refractivity contribution < 1.29 is 4.79 Å². The third kappa shape index (κ3) is 3.58. The highest BCUT2D eigenvalue weighted by molar-refractivity contribution is 5.80. The number of aromatic nitrogens is 2. The molecule has 1 rings (SSSR count). The van der Waals surface area contributed by atoms with Gasteiger partial charge in [0.05, 0.1) is 6.54 Å². The predicted octanol–water partition coefficient (Wildman–Crippen LogP) is 1.04. The molecule has 0 bridgehead atoms. The maximum Gasteiger partial charge on any atom is 0.239 e. The molecule has 4 N–H and O–H groups in total. The van der Waals surface area contributed by atoms with E-state index in [1.54, 1.807) is 0 Å². The van der Waals surface area contributed by atoms with E-state index in [0.717, 1.165) is 5.56 Å². The molecule has 6 nitrogen and oxygen atoms in total. The summed E-state index contributed by atoms with van der Waals surface area (Å²) >= 11 is 0. The van der Waals surface area contributed by atoms with E-state index in [0.29, 0.717) is 24.0 Å². The molecule has 0 saturated heterocycles. The summed E-state index contributed by atoms with van der Waals surface area (Å²) in [5, 5.41) is 5.70. The van der Waals surface area contributed by atoms with Crippen molar-refractivity contribution in [3.05, 3.63) is 11.4 Å². The minimum absolute atomic E-state index is 0.0693. The maximum atomic E-state index is 11.4. The third-order valence-corrected chi connectivity index (χ3v) is 2.51. The van der Waals surface area contributed by atoms with Crippen LogP contribution in [0, 0.1) is 6.92 Å². The number of carbonyl (C=O) groups is 1. The van der Waals surface area contributed by atoms with Crippen molar-refractivity contribution in [2.45, 2.75) is 33.6 Å². The van der Waals surface area contributed by atoms with E-state index in [2.05, 4.69) is 20.6 Å². The van der Waals surface area contributed by atoms with Crippen LogP contribution in [-0.2, 0) is 4.79 Å². The number of nitrogens with two attached hydrogens (primary N) is 1. The lowest BCUT2D eigenvalue weighted by atomic mass is 10.2. The van der Waals surface area contributed by atoms with Gasteiger partial charge >= 0.3 is 0 Å². The van der Waals surface area contributed by atoms with Crippen molar-refractivity contribution in [1.82, 2.24) is 15.3 Å². The third-order valence-electron chi connectivity index (χ3n) is 2.51. The smallest absolute Gasteiger partial charge is 0.239 e. The molecule has 0 aliphatic carbocycles. The average molecular weight is 251 g/mol. The van der Waals surface area contributed by atoms with Crippen LogP contribution in [0.3, 0.4) is 0 Å². The van der Waals surface area contributed by atoms with Crippen LogP contribution in [0.1, 0.15) is 38.1 Å². The molecule has 1 aromatic rings. The summed E-state index contributed by atoms with van der Waals surface area (Å²) in [5.41, 5.74) is 6.60. The number of anilines is 2. The highest BCUT2D eigenvalue weighted by Gasteiger charge is 2.11. The molecule has 1 aromatic heterocycles. The first kappa shape index (κ1) is 14.2. The van der Waals surface area contributed by atoms with Gasteiger partial charge in [-0.05, 0) is 13.8 Å². The number of nitrogens with zero attached hydrogens (tertiary/aromatic N) is 2. The van der Waals surface area contributed by atoms with Gasteiger partial charge in [0.1, 0.15) is 17.5 Å². The molecule has 0 aliphatic heterocycles. The Labute approximate surface area is 107 Å². The van der Waals surface area contributed by atoms with Gasteiger partial charge in [-0.25, -0.2) is 9.97 Å². The van der Waals surface area contributed by atoms with Gasteiger partial charge in [-0.3, -0.25) is 4.79 Å². The number of carbonyl (C=O) groups excluding carboxylic acids is 1. The largest absolute Gasteiger partial charge is 0.383 e. The van der Waals surface area contributed by atoms with Gasteiger partial charge < -0.3 is 16.4 Å². The maximum absolute atomic E-state index is 11.4. The quantitative estimate of drug-likeness (QED) is 0.727. The number of likely N-dealkylation sites (N-methyl/N-ethyl adjacent to an activating group) is 1. The molecule has 0 spiro atoms. The van der Waals surface area contributed by atoms with E-state index in [1.165, 1.54) is 0 Å². The minimum Gasteiger partial charge on any atom is -0.383 e. The summed E-state index contributed by atoms with van der Waals surface area (Å²) < 4.78 is 0. The Balaban J connectivity index is 2.84. The number of amides is 1. The van der Waals surface area contributed by atoms with E-state index in [4.69, 9.17) is 5.73 Å². The Morgan fingerprint density at radius 1 is 1.39 bits per heavy atom. The Bertz CT molecular complexity index is 431. The van der Waals surface area contributed by atoms with Gasteiger partial charge in [-0.2, -0.15) is 0 Å². The zero-order valence-electron chi connectivity index (χ0n) is 11.4. The van der Waals surface area contributed by atoms with Crippen molar-refractivity contribution in [1.29, 1.82) is 0 Å². The van der Waals surface area contributed by atoms with Gasteiger partial charge in [0, 0.05) is 18.0 Å². The molecule has 1 amide bonds. The molecule has 0 unspecified atom stereocenters. The highest BCUT2D eigenvalue weighted by atomic mass is 16.1. The monoisotopic (exact) mass is 251 g/mol. The first-order valence-electron chi connectivity index (χ1n) is 6.10. The number of nitrogen functional groups attached to an aromatic ring is 1. The number of hydrogen-bond donors (Lipinski definition) is 3. The van der Waals surface area contributed by atoms with E-state index in [1.807, 2.05) is 27.7 Å². The molecule has 100 valence electrons. The van der Waals surface area contributed by atoms with Gasteiger partial charge in [0.15, 0.2) is 0 Å². The molecular formula is C12H21N5O.